The van der Waals surface area contributed by atoms with E-state index in [1.54, 1.807) is 13.2 Å². The Morgan fingerprint density at radius 2 is 1.69 bits per heavy atom. The van der Waals surface area contributed by atoms with Crippen LogP contribution in [0.3, 0.4) is 0 Å². The first-order valence-electron chi connectivity index (χ1n) is 8.92. The molecule has 3 rings (SSSR count). The Labute approximate surface area is 168 Å². The Balaban J connectivity index is 0.000000438. The second-order valence-electron chi connectivity index (χ2n) is 6.23. The van der Waals surface area contributed by atoms with Gasteiger partial charge in [-0.1, -0.05) is 12.1 Å². The molecule has 0 radical (unpaired) electrons. The van der Waals surface area contributed by atoms with Crippen molar-refractivity contribution in [1.29, 1.82) is 0 Å². The number of ether oxygens (including phenoxy) is 1. The van der Waals surface area contributed by atoms with Gasteiger partial charge in [0, 0.05) is 44.5 Å². The van der Waals surface area contributed by atoms with Gasteiger partial charge < -0.3 is 19.8 Å². The van der Waals surface area contributed by atoms with Gasteiger partial charge in [-0.15, -0.1) is 0 Å². The molecule has 9 heteroatoms. The number of aliphatic carboxylic acids is 2. The first-order chi connectivity index (χ1) is 13.9. The number of hydrogen-bond acceptors (Lipinski definition) is 6. The van der Waals surface area contributed by atoms with Crippen LogP contribution < -0.4 is 4.74 Å². The third-order valence-corrected chi connectivity index (χ3v) is 4.27. The highest BCUT2D eigenvalue weighted by Gasteiger charge is 2.22. The van der Waals surface area contributed by atoms with Crippen LogP contribution in [-0.2, 0) is 16.1 Å². The fraction of sp³-hybridized carbons (Fsp3) is 0.300. The Kier molecular flexibility index (Phi) is 8.11. The molecule has 0 atom stereocenters. The molecular weight excluding hydrogens is 378 g/mol. The van der Waals surface area contributed by atoms with E-state index in [-0.39, 0.29) is 5.91 Å². The van der Waals surface area contributed by atoms with Crippen LogP contribution in [0.4, 0.5) is 0 Å². The number of rotatable bonds is 4. The molecule has 9 nitrogen and oxygen atoms in total. The minimum atomic E-state index is -1.82. The number of benzene rings is 1. The minimum absolute atomic E-state index is 0.0707. The van der Waals surface area contributed by atoms with Crippen LogP contribution in [0.15, 0.2) is 48.7 Å². The van der Waals surface area contributed by atoms with E-state index in [1.807, 2.05) is 47.5 Å². The second kappa shape index (κ2) is 10.8. The average Bonchev–Trinajstić information content (AvgIpc) is 2.75. The number of nitrogens with zero attached hydrogens (tertiary/aromatic N) is 3. The summed E-state index contributed by atoms with van der Waals surface area (Å²) >= 11 is 0. The molecule has 1 saturated heterocycles. The number of hydrogen-bond donors (Lipinski definition) is 2. The number of amides is 1. The predicted molar refractivity (Wildman–Crippen MR) is 104 cm³/mol. The summed E-state index contributed by atoms with van der Waals surface area (Å²) in [5.41, 5.74) is 1.75. The van der Waals surface area contributed by atoms with Gasteiger partial charge in [-0.3, -0.25) is 14.7 Å². The molecule has 0 unspecified atom stereocenters. The largest absolute Gasteiger partial charge is 0.497 e. The number of aromatic nitrogens is 1. The number of piperazine rings is 1. The molecule has 1 amide bonds. The fourth-order valence-corrected chi connectivity index (χ4v) is 2.77. The highest BCUT2D eigenvalue weighted by molar-refractivity contribution is 6.27. The van der Waals surface area contributed by atoms with E-state index in [0.717, 1.165) is 38.4 Å². The average molecular weight is 401 g/mol. The predicted octanol–water partition coefficient (Wildman–Crippen LogP) is 1.20. The molecule has 0 aliphatic carbocycles. The molecule has 2 N–H and O–H groups in total. The molecule has 0 spiro atoms. The minimum Gasteiger partial charge on any atom is -0.497 e. The van der Waals surface area contributed by atoms with E-state index in [0.29, 0.717) is 11.3 Å². The lowest BCUT2D eigenvalue weighted by Crippen LogP contribution is -2.48. The maximum absolute atomic E-state index is 12.6. The van der Waals surface area contributed by atoms with E-state index < -0.39 is 11.9 Å². The van der Waals surface area contributed by atoms with Crippen molar-refractivity contribution in [1.82, 2.24) is 14.8 Å². The number of pyridine rings is 1. The van der Waals surface area contributed by atoms with Gasteiger partial charge in [-0.25, -0.2) is 9.59 Å². The molecule has 0 bridgehead atoms. The van der Waals surface area contributed by atoms with Gasteiger partial charge in [0.15, 0.2) is 0 Å². The number of carbonyl (C=O) groups excluding carboxylic acids is 1. The Morgan fingerprint density at radius 3 is 2.24 bits per heavy atom. The number of methoxy groups -OCH3 is 1. The van der Waals surface area contributed by atoms with Crippen molar-refractivity contribution in [2.45, 2.75) is 6.54 Å². The standard InChI is InChI=1S/C18H21N3O2.C2H2O4/c1-23-17-7-4-5-15(13-17)18(22)21-11-9-20(10-12-21)14-16-6-2-3-8-19-16;3-1(4)2(5)6/h2-8,13H,9-12,14H2,1H3;(H,3,4)(H,5,6). The molecule has 2 aromatic rings. The maximum Gasteiger partial charge on any atom is 0.414 e. The lowest BCUT2D eigenvalue weighted by atomic mass is 10.1. The van der Waals surface area contributed by atoms with Crippen LogP contribution >= 0.6 is 0 Å². The monoisotopic (exact) mass is 401 g/mol. The summed E-state index contributed by atoms with van der Waals surface area (Å²) in [4.78, 5) is 39.4. The molecule has 1 fully saturated rings. The molecule has 1 aliphatic rings. The van der Waals surface area contributed by atoms with Gasteiger partial charge in [0.25, 0.3) is 5.91 Å². The van der Waals surface area contributed by atoms with E-state index >= 15 is 0 Å². The maximum atomic E-state index is 12.6. The van der Waals surface area contributed by atoms with Gasteiger partial charge in [0.05, 0.1) is 12.8 Å². The van der Waals surface area contributed by atoms with Crippen molar-refractivity contribution >= 4 is 17.8 Å². The Hall–Kier alpha value is -3.46. The van der Waals surface area contributed by atoms with E-state index in [9.17, 15) is 4.79 Å². The third-order valence-electron chi connectivity index (χ3n) is 4.27. The summed E-state index contributed by atoms with van der Waals surface area (Å²) in [6, 6.07) is 13.3. The van der Waals surface area contributed by atoms with Crippen LogP contribution in [0, 0.1) is 0 Å². The lowest BCUT2D eigenvalue weighted by Gasteiger charge is -2.34. The molecule has 1 aromatic carbocycles. The molecule has 1 aromatic heterocycles. The van der Waals surface area contributed by atoms with E-state index in [4.69, 9.17) is 24.5 Å². The zero-order chi connectivity index (χ0) is 21.2. The van der Waals surface area contributed by atoms with Crippen LogP contribution in [0.1, 0.15) is 16.1 Å². The van der Waals surface area contributed by atoms with E-state index in [2.05, 4.69) is 9.88 Å². The number of carboxylic acid groups (broad SMARTS) is 2. The third kappa shape index (κ3) is 6.89. The quantitative estimate of drug-likeness (QED) is 0.734. The normalized spacial score (nSPS) is 13.8. The lowest BCUT2D eigenvalue weighted by molar-refractivity contribution is -0.159. The second-order valence-corrected chi connectivity index (χ2v) is 6.23. The van der Waals surface area contributed by atoms with Crippen molar-refractivity contribution in [2.24, 2.45) is 0 Å². The topological polar surface area (TPSA) is 120 Å². The molecule has 2 heterocycles. The van der Waals surface area contributed by atoms with Gasteiger partial charge in [0.1, 0.15) is 5.75 Å². The van der Waals surface area contributed by atoms with Crippen LogP contribution in [0.2, 0.25) is 0 Å². The number of carbonyl (C=O) groups is 3. The van der Waals surface area contributed by atoms with Gasteiger partial charge in [-0.05, 0) is 30.3 Å². The highest BCUT2D eigenvalue weighted by atomic mass is 16.5. The fourth-order valence-electron chi connectivity index (χ4n) is 2.77. The molecule has 1 aliphatic heterocycles. The summed E-state index contributed by atoms with van der Waals surface area (Å²) in [5.74, 6) is -2.86. The molecule has 154 valence electrons. The Morgan fingerprint density at radius 1 is 1.00 bits per heavy atom. The van der Waals surface area contributed by atoms with Gasteiger partial charge >= 0.3 is 11.9 Å². The van der Waals surface area contributed by atoms with Crippen LogP contribution in [-0.4, -0.2) is 76.1 Å². The first kappa shape index (κ1) is 21.8. The highest BCUT2D eigenvalue weighted by Crippen LogP contribution is 2.16. The summed E-state index contributed by atoms with van der Waals surface area (Å²) < 4.78 is 5.19. The van der Waals surface area contributed by atoms with Crippen LogP contribution in [0.25, 0.3) is 0 Å². The first-order valence-corrected chi connectivity index (χ1v) is 8.92. The van der Waals surface area contributed by atoms with E-state index in [1.165, 1.54) is 0 Å². The smallest absolute Gasteiger partial charge is 0.414 e. The zero-order valence-corrected chi connectivity index (χ0v) is 16.0. The summed E-state index contributed by atoms with van der Waals surface area (Å²) in [7, 11) is 1.61. The summed E-state index contributed by atoms with van der Waals surface area (Å²) in [6.45, 7) is 4.05. The van der Waals surface area contributed by atoms with Crippen LogP contribution in [0.5, 0.6) is 5.75 Å². The zero-order valence-electron chi connectivity index (χ0n) is 16.0. The Bertz CT molecular complexity index is 823. The van der Waals surface area contributed by atoms with Gasteiger partial charge in [-0.2, -0.15) is 0 Å². The van der Waals surface area contributed by atoms with Crippen molar-refractivity contribution < 1.29 is 29.3 Å². The van der Waals surface area contributed by atoms with Crippen molar-refractivity contribution in [3.63, 3.8) is 0 Å². The molecular formula is C20H23N3O6. The summed E-state index contributed by atoms with van der Waals surface area (Å²) in [6.07, 6.45) is 1.82. The van der Waals surface area contributed by atoms with Crippen molar-refractivity contribution in [3.05, 3.63) is 59.9 Å². The summed E-state index contributed by atoms with van der Waals surface area (Å²) in [5, 5.41) is 14.8. The molecule has 29 heavy (non-hydrogen) atoms. The van der Waals surface area contributed by atoms with Crippen molar-refractivity contribution in [3.8, 4) is 5.75 Å². The SMILES string of the molecule is COc1cccc(C(=O)N2CCN(Cc3ccccn3)CC2)c1.O=C(O)C(=O)O. The number of carboxylic acids is 2. The molecule has 0 saturated carbocycles. The van der Waals surface area contributed by atoms with Gasteiger partial charge in [0.2, 0.25) is 0 Å². The van der Waals surface area contributed by atoms with Crippen molar-refractivity contribution in [2.75, 3.05) is 33.3 Å².